The number of hydrogen-bond donors (Lipinski definition) is 0. The fourth-order valence-corrected chi connectivity index (χ4v) is 1.97. The van der Waals surface area contributed by atoms with Gasteiger partial charge in [0.1, 0.15) is 0 Å². The third kappa shape index (κ3) is 1.68. The zero-order chi connectivity index (χ0) is 12.5. The SMILES string of the molecule is CC(=O)c1cnn2cc(-c3ccncc3)ccc12. The van der Waals surface area contributed by atoms with Crippen LogP contribution >= 0.6 is 0 Å². The molecule has 0 atom stereocenters. The molecule has 0 aliphatic carbocycles. The van der Waals surface area contributed by atoms with Crippen LogP contribution in [-0.2, 0) is 0 Å². The van der Waals surface area contributed by atoms with E-state index in [1.807, 2.05) is 30.5 Å². The summed E-state index contributed by atoms with van der Waals surface area (Å²) in [5, 5.41) is 4.21. The van der Waals surface area contributed by atoms with Gasteiger partial charge in [-0.25, -0.2) is 4.52 Å². The first-order chi connectivity index (χ1) is 8.75. The number of aromatic nitrogens is 3. The van der Waals surface area contributed by atoms with Crippen LogP contribution in [0.5, 0.6) is 0 Å². The van der Waals surface area contributed by atoms with Crippen molar-refractivity contribution in [2.45, 2.75) is 6.92 Å². The zero-order valence-electron chi connectivity index (χ0n) is 9.87. The summed E-state index contributed by atoms with van der Waals surface area (Å²) in [6.45, 7) is 1.55. The van der Waals surface area contributed by atoms with Gasteiger partial charge in [0.15, 0.2) is 5.78 Å². The van der Waals surface area contributed by atoms with Gasteiger partial charge in [0.25, 0.3) is 0 Å². The molecule has 3 heterocycles. The van der Waals surface area contributed by atoms with Crippen molar-refractivity contribution in [3.8, 4) is 11.1 Å². The van der Waals surface area contributed by atoms with Crippen molar-refractivity contribution >= 4 is 11.3 Å². The number of carbonyl (C=O) groups excluding carboxylic acids is 1. The number of carbonyl (C=O) groups is 1. The molecule has 4 nitrogen and oxygen atoms in total. The van der Waals surface area contributed by atoms with E-state index in [-0.39, 0.29) is 5.78 Å². The van der Waals surface area contributed by atoms with E-state index < -0.39 is 0 Å². The van der Waals surface area contributed by atoms with Gasteiger partial charge in [0.05, 0.1) is 17.3 Å². The molecule has 0 radical (unpaired) electrons. The van der Waals surface area contributed by atoms with Gasteiger partial charge >= 0.3 is 0 Å². The van der Waals surface area contributed by atoms with Crippen molar-refractivity contribution in [2.75, 3.05) is 0 Å². The molecule has 0 aromatic carbocycles. The first-order valence-electron chi connectivity index (χ1n) is 5.64. The Balaban J connectivity index is 2.16. The van der Waals surface area contributed by atoms with Crippen LogP contribution in [0.1, 0.15) is 17.3 Å². The van der Waals surface area contributed by atoms with Crippen LogP contribution < -0.4 is 0 Å². The van der Waals surface area contributed by atoms with Crippen LogP contribution in [-0.4, -0.2) is 20.4 Å². The fraction of sp³-hybridized carbons (Fsp3) is 0.0714. The Labute approximate surface area is 104 Å². The van der Waals surface area contributed by atoms with E-state index in [0.29, 0.717) is 5.56 Å². The van der Waals surface area contributed by atoms with Crippen molar-refractivity contribution in [2.24, 2.45) is 0 Å². The maximum atomic E-state index is 11.4. The first kappa shape index (κ1) is 10.7. The number of ketones is 1. The number of nitrogens with zero attached hydrogens (tertiary/aromatic N) is 3. The van der Waals surface area contributed by atoms with Gasteiger partial charge in [0, 0.05) is 24.2 Å². The van der Waals surface area contributed by atoms with Crippen LogP contribution in [0, 0.1) is 0 Å². The third-order valence-corrected chi connectivity index (χ3v) is 2.91. The lowest BCUT2D eigenvalue weighted by Gasteiger charge is -2.02. The fourth-order valence-electron chi connectivity index (χ4n) is 1.97. The maximum absolute atomic E-state index is 11.4. The molecule has 0 spiro atoms. The molecule has 0 N–H and O–H groups in total. The van der Waals surface area contributed by atoms with Gasteiger partial charge in [-0.1, -0.05) is 6.07 Å². The van der Waals surface area contributed by atoms with E-state index in [0.717, 1.165) is 16.6 Å². The van der Waals surface area contributed by atoms with Crippen molar-refractivity contribution in [3.05, 3.63) is 54.6 Å². The first-order valence-corrected chi connectivity index (χ1v) is 5.64. The van der Waals surface area contributed by atoms with Crippen molar-refractivity contribution in [1.82, 2.24) is 14.6 Å². The molecule has 0 fully saturated rings. The van der Waals surface area contributed by atoms with E-state index in [1.54, 1.807) is 30.0 Å². The Morgan fingerprint density at radius 1 is 1.11 bits per heavy atom. The molecule has 3 aromatic heterocycles. The Bertz CT molecular complexity index is 716. The van der Waals surface area contributed by atoms with Crippen LogP contribution in [0.15, 0.2) is 49.1 Å². The number of rotatable bonds is 2. The third-order valence-electron chi connectivity index (χ3n) is 2.91. The largest absolute Gasteiger partial charge is 0.294 e. The monoisotopic (exact) mass is 237 g/mol. The molecule has 0 unspecified atom stereocenters. The Kier molecular flexibility index (Phi) is 2.41. The standard InChI is InChI=1S/C14H11N3O/c1-10(18)13-8-16-17-9-12(2-3-14(13)17)11-4-6-15-7-5-11/h2-9H,1H3. The molecular weight excluding hydrogens is 226 g/mol. The summed E-state index contributed by atoms with van der Waals surface area (Å²) < 4.78 is 1.73. The summed E-state index contributed by atoms with van der Waals surface area (Å²) in [6, 6.07) is 7.78. The lowest BCUT2D eigenvalue weighted by atomic mass is 10.1. The molecule has 0 aliphatic heterocycles. The van der Waals surface area contributed by atoms with Crippen LogP contribution in [0.2, 0.25) is 0 Å². The summed E-state index contributed by atoms with van der Waals surface area (Å²) in [7, 11) is 0. The zero-order valence-corrected chi connectivity index (χ0v) is 9.87. The molecule has 88 valence electrons. The van der Waals surface area contributed by atoms with Gasteiger partial charge in [0.2, 0.25) is 0 Å². The predicted molar refractivity (Wildman–Crippen MR) is 68.4 cm³/mol. The van der Waals surface area contributed by atoms with E-state index in [9.17, 15) is 4.79 Å². The highest BCUT2D eigenvalue weighted by Gasteiger charge is 2.08. The highest BCUT2D eigenvalue weighted by atomic mass is 16.1. The number of Topliss-reactive ketones (excluding diaryl/α,β-unsaturated/α-hetero) is 1. The van der Waals surface area contributed by atoms with Gasteiger partial charge in [-0.2, -0.15) is 5.10 Å². The molecule has 18 heavy (non-hydrogen) atoms. The number of fused-ring (bicyclic) bond motifs is 1. The van der Waals surface area contributed by atoms with E-state index in [4.69, 9.17) is 0 Å². The molecular formula is C14H11N3O. The summed E-state index contributed by atoms with van der Waals surface area (Å²) in [4.78, 5) is 15.4. The quantitative estimate of drug-likeness (QED) is 0.643. The molecule has 0 aliphatic rings. The molecule has 4 heteroatoms. The van der Waals surface area contributed by atoms with Crippen molar-refractivity contribution in [1.29, 1.82) is 0 Å². The molecule has 3 rings (SSSR count). The van der Waals surface area contributed by atoms with E-state index in [2.05, 4.69) is 10.1 Å². The molecule has 3 aromatic rings. The summed E-state index contributed by atoms with van der Waals surface area (Å²) in [5.41, 5.74) is 3.60. The topological polar surface area (TPSA) is 47.3 Å². The van der Waals surface area contributed by atoms with E-state index >= 15 is 0 Å². The predicted octanol–water partition coefficient (Wildman–Crippen LogP) is 2.60. The second-order valence-electron chi connectivity index (χ2n) is 4.10. The highest BCUT2D eigenvalue weighted by Crippen LogP contribution is 2.20. The van der Waals surface area contributed by atoms with Gasteiger partial charge in [-0.15, -0.1) is 0 Å². The lowest BCUT2D eigenvalue weighted by Crippen LogP contribution is -1.92. The molecule has 0 amide bonds. The van der Waals surface area contributed by atoms with Gasteiger partial charge < -0.3 is 0 Å². The number of pyridine rings is 2. The minimum atomic E-state index is 0.0293. The molecule has 0 saturated carbocycles. The van der Waals surface area contributed by atoms with Crippen LogP contribution in [0.25, 0.3) is 16.6 Å². The average molecular weight is 237 g/mol. The highest BCUT2D eigenvalue weighted by molar-refractivity contribution is 6.00. The second-order valence-corrected chi connectivity index (χ2v) is 4.10. The maximum Gasteiger partial charge on any atom is 0.163 e. The van der Waals surface area contributed by atoms with Crippen LogP contribution in [0.4, 0.5) is 0 Å². The smallest absolute Gasteiger partial charge is 0.163 e. The average Bonchev–Trinajstić information content (AvgIpc) is 2.82. The normalized spacial score (nSPS) is 10.7. The molecule has 0 saturated heterocycles. The van der Waals surface area contributed by atoms with Crippen LogP contribution in [0.3, 0.4) is 0 Å². The summed E-state index contributed by atoms with van der Waals surface area (Å²) in [6.07, 6.45) is 7.03. The summed E-state index contributed by atoms with van der Waals surface area (Å²) >= 11 is 0. The molecule has 0 bridgehead atoms. The Morgan fingerprint density at radius 2 is 1.89 bits per heavy atom. The van der Waals surface area contributed by atoms with Crippen molar-refractivity contribution in [3.63, 3.8) is 0 Å². The summed E-state index contributed by atoms with van der Waals surface area (Å²) in [5.74, 6) is 0.0293. The van der Waals surface area contributed by atoms with Gasteiger partial charge in [-0.3, -0.25) is 9.78 Å². The second kappa shape index (κ2) is 4.07. The Hall–Kier alpha value is -2.49. The lowest BCUT2D eigenvalue weighted by molar-refractivity contribution is 0.101. The Morgan fingerprint density at radius 3 is 2.61 bits per heavy atom. The van der Waals surface area contributed by atoms with Gasteiger partial charge in [-0.05, 0) is 30.7 Å². The minimum absolute atomic E-state index is 0.0293. The number of hydrogen-bond acceptors (Lipinski definition) is 3. The van der Waals surface area contributed by atoms with E-state index in [1.165, 1.54) is 0 Å². The van der Waals surface area contributed by atoms with Crippen molar-refractivity contribution < 1.29 is 4.79 Å². The minimum Gasteiger partial charge on any atom is -0.294 e.